The van der Waals surface area contributed by atoms with E-state index in [1.54, 1.807) is 24.3 Å². The molecule has 0 aliphatic rings. The Morgan fingerprint density at radius 3 is 1.49 bits per heavy atom. The number of hydrogen-bond acceptors (Lipinski definition) is 19. The molecule has 4 aromatic rings. The van der Waals surface area contributed by atoms with Gasteiger partial charge in [-0.2, -0.15) is 10.2 Å². The van der Waals surface area contributed by atoms with Gasteiger partial charge in [-0.05, 0) is 64.4 Å². The van der Waals surface area contributed by atoms with Gasteiger partial charge in [0.2, 0.25) is 0 Å². The molecule has 1 amide bonds. The Labute approximate surface area is 434 Å². The predicted octanol–water partition coefficient (Wildman–Crippen LogP) is 4.82. The van der Waals surface area contributed by atoms with Crippen LogP contribution in [-0.2, 0) is 63.7 Å². The van der Waals surface area contributed by atoms with E-state index < -0.39 is 67.4 Å². The Hall–Kier alpha value is -4.67. The summed E-state index contributed by atoms with van der Waals surface area (Å²) in [6.45, 7) is 5.85. The summed E-state index contributed by atoms with van der Waals surface area (Å²) in [6.07, 6.45) is 0.561. The number of nitrogens with one attached hydrogen (secondary N) is 1. The number of pyridine rings is 1. The lowest BCUT2D eigenvalue weighted by Crippen LogP contribution is -2.27. The van der Waals surface area contributed by atoms with E-state index in [9.17, 15) is 47.4 Å². The maximum absolute atomic E-state index is 13.5. The highest BCUT2D eigenvalue weighted by atomic mass is 31.2. The zero-order valence-electron chi connectivity index (χ0n) is 42.5. The molecule has 4 rings (SSSR count). The van der Waals surface area contributed by atoms with Crippen LogP contribution in [0.4, 0.5) is 0 Å². The second-order valence-electron chi connectivity index (χ2n) is 16.1. The summed E-state index contributed by atoms with van der Waals surface area (Å²) in [4.78, 5) is 73.8. The molecule has 0 saturated carbocycles. The summed E-state index contributed by atoms with van der Waals surface area (Å²) in [7, 11) is -14.1. The number of hydrogen-bond donors (Lipinski definition) is 6. The molecule has 1 aromatic carbocycles. The quantitative estimate of drug-likeness (QED) is 0.0204. The molecule has 0 fully saturated rings. The minimum absolute atomic E-state index is 0.0478. The van der Waals surface area contributed by atoms with Gasteiger partial charge in [-0.1, -0.05) is 11.8 Å². The molecule has 0 aliphatic heterocycles. The van der Waals surface area contributed by atoms with Crippen LogP contribution in [0.25, 0.3) is 11.6 Å². The summed E-state index contributed by atoms with van der Waals surface area (Å²) < 4.78 is 96.7. The normalized spacial score (nSPS) is 14.8. The van der Waals surface area contributed by atoms with Gasteiger partial charge >= 0.3 is 36.4 Å². The van der Waals surface area contributed by atoms with Crippen LogP contribution in [0, 0.1) is 11.8 Å². The Kier molecular flexibility index (Phi) is 25.4. The second-order valence-corrected chi connectivity index (χ2v) is 23.3. The molecule has 0 bridgehead atoms. The Morgan fingerprint density at radius 1 is 0.640 bits per heavy atom. The predicted molar refractivity (Wildman–Crippen MR) is 271 cm³/mol. The number of methoxy groups -OCH3 is 2. The maximum Gasteiger partial charge on any atom is 0.342 e. The molecular weight excluding hydrogens is 1070 g/mol. The number of aliphatic carboxylic acids is 1. The molecule has 6 N–H and O–H groups in total. The van der Waals surface area contributed by atoms with Gasteiger partial charge in [0.05, 0.1) is 62.2 Å². The van der Waals surface area contributed by atoms with E-state index in [2.05, 4.69) is 27.4 Å². The van der Waals surface area contributed by atoms with Gasteiger partial charge in [0.15, 0.2) is 11.6 Å². The van der Waals surface area contributed by atoms with Crippen molar-refractivity contribution in [3.63, 3.8) is 0 Å². The summed E-state index contributed by atoms with van der Waals surface area (Å²) in [5.41, 5.74) is 1.20. The van der Waals surface area contributed by atoms with Gasteiger partial charge in [-0.3, -0.25) is 37.6 Å². The molecule has 75 heavy (non-hydrogen) atoms. The van der Waals surface area contributed by atoms with Crippen molar-refractivity contribution in [2.24, 2.45) is 0 Å². The molecule has 416 valence electrons. The van der Waals surface area contributed by atoms with Crippen molar-refractivity contribution in [3.05, 3.63) is 76.9 Å². The Balaban J connectivity index is 1.88. The van der Waals surface area contributed by atoms with E-state index >= 15 is 0 Å². The highest BCUT2D eigenvalue weighted by Crippen LogP contribution is 2.49. The van der Waals surface area contributed by atoms with E-state index in [1.807, 2.05) is 0 Å². The van der Waals surface area contributed by atoms with E-state index in [1.165, 1.54) is 85.6 Å². The first-order valence-corrected chi connectivity index (χ1v) is 30.4. The van der Waals surface area contributed by atoms with Crippen molar-refractivity contribution >= 4 is 42.3 Å². The van der Waals surface area contributed by atoms with Gasteiger partial charge in [0, 0.05) is 64.3 Å². The summed E-state index contributed by atoms with van der Waals surface area (Å²) in [5, 5.41) is 21.0. The van der Waals surface area contributed by atoms with E-state index in [4.69, 9.17) is 47.1 Å². The van der Waals surface area contributed by atoms with Crippen LogP contribution in [0.15, 0.2) is 48.8 Å². The number of rotatable bonds is 35. The van der Waals surface area contributed by atoms with Crippen LogP contribution in [-0.4, -0.2) is 170 Å². The number of carboxylic acid groups (broad SMARTS) is 1. The fourth-order valence-electron chi connectivity index (χ4n) is 6.90. The molecule has 4 unspecified atom stereocenters. The largest absolute Gasteiger partial charge is 0.490 e. The van der Waals surface area contributed by atoms with Gasteiger partial charge < -0.3 is 67.0 Å². The summed E-state index contributed by atoms with van der Waals surface area (Å²) in [6, 6.07) is 9.22. The third kappa shape index (κ3) is 22.1. The van der Waals surface area contributed by atoms with Gasteiger partial charge in [-0.25, -0.2) is 14.3 Å². The third-order valence-corrected chi connectivity index (χ3v) is 15.5. The number of aromatic nitrogens is 5. The Bertz CT molecular complexity index is 2590. The van der Waals surface area contributed by atoms with Gasteiger partial charge in [0.25, 0.3) is 5.91 Å². The van der Waals surface area contributed by atoms with Crippen molar-refractivity contribution < 1.29 is 89.6 Å². The van der Waals surface area contributed by atoms with Crippen LogP contribution >= 0.6 is 30.4 Å². The van der Waals surface area contributed by atoms with Crippen molar-refractivity contribution in [2.75, 3.05) is 98.8 Å². The lowest BCUT2D eigenvalue weighted by Gasteiger charge is -2.25. The van der Waals surface area contributed by atoms with Crippen molar-refractivity contribution in [2.45, 2.75) is 53.6 Å². The minimum atomic E-state index is -4.26. The zero-order valence-corrected chi connectivity index (χ0v) is 46.1. The molecule has 3 heterocycles. The molecule has 0 saturated heterocycles. The number of carboxylic acids is 1. The monoisotopic (exact) mass is 1130 g/mol. The number of nitrogens with zero attached hydrogens (tertiary/aromatic N) is 7. The average Bonchev–Trinajstić information content (AvgIpc) is 3.99. The molecule has 31 heteroatoms. The fourth-order valence-corrected chi connectivity index (χ4v) is 12.0. The second kappa shape index (κ2) is 30.3. The zero-order chi connectivity index (χ0) is 55.2. The first-order valence-electron chi connectivity index (χ1n) is 23.4. The topological polar surface area (TPSA) is 344 Å². The van der Waals surface area contributed by atoms with Crippen LogP contribution in [0.5, 0.6) is 11.5 Å². The fraction of sp³-hybridized carbons (Fsp3) is 0.523. The maximum atomic E-state index is 13.5. The third-order valence-electron chi connectivity index (χ3n) is 9.78. The van der Waals surface area contributed by atoms with Crippen LogP contribution < -0.4 is 14.8 Å². The number of benzene rings is 1. The molecule has 4 atom stereocenters. The van der Waals surface area contributed by atoms with E-state index in [-0.39, 0.29) is 131 Å². The summed E-state index contributed by atoms with van der Waals surface area (Å²) >= 11 is 0. The van der Waals surface area contributed by atoms with E-state index in [0.717, 1.165) is 0 Å². The van der Waals surface area contributed by atoms with Crippen LogP contribution in [0.2, 0.25) is 0 Å². The molecule has 0 aliphatic carbocycles. The SMILES string of the molecule is CCOP(=O)(O)CN(Cc1ccn(-c2cc(C#Cc3cc(OCCOC)c(C(=O)NCCCC(=O)O)cc3OCCOC)cc(-n3ccc(CN(CP(=O)(O)OCC)CP(=O)(O)OCC)n3)n2)n1)CP(=O)(O)OCC. The van der Waals surface area contributed by atoms with Crippen LogP contribution in [0.1, 0.15) is 73.4 Å². The molecule has 27 nitrogen and oxygen atoms in total. The van der Waals surface area contributed by atoms with Crippen LogP contribution in [0.3, 0.4) is 0 Å². The number of carbonyl (C=O) groups is 2. The Morgan fingerprint density at radius 2 is 1.08 bits per heavy atom. The van der Waals surface area contributed by atoms with Crippen molar-refractivity contribution in [1.29, 1.82) is 0 Å². The molecule has 3 aromatic heterocycles. The molecular formula is C44H66N8O19P4. The molecule has 0 spiro atoms. The van der Waals surface area contributed by atoms with Crippen molar-refractivity contribution in [3.8, 4) is 35.0 Å². The highest BCUT2D eigenvalue weighted by Gasteiger charge is 2.32. The summed E-state index contributed by atoms with van der Waals surface area (Å²) in [5.74, 6) is 5.24. The number of amides is 1. The van der Waals surface area contributed by atoms with Gasteiger partial charge in [0.1, 0.15) is 49.9 Å². The first kappa shape index (κ1) is 62.9. The van der Waals surface area contributed by atoms with Crippen molar-refractivity contribution in [1.82, 2.24) is 39.7 Å². The lowest BCUT2D eigenvalue weighted by atomic mass is 10.1. The molecule has 0 radical (unpaired) electrons. The lowest BCUT2D eigenvalue weighted by molar-refractivity contribution is -0.137. The first-order chi connectivity index (χ1) is 35.5. The average molecular weight is 1130 g/mol. The number of carbonyl (C=O) groups excluding carboxylic acids is 1. The highest BCUT2D eigenvalue weighted by molar-refractivity contribution is 7.54. The van der Waals surface area contributed by atoms with E-state index in [0.29, 0.717) is 5.56 Å². The standard InChI is InChI=1S/C44H66N8O19P4/c1-7-68-72(56,57)30-49(31-73(58,59)69-8-2)28-36-15-18-51(47-36)41-24-34(25-42(46-41)52-19-16-37(48-52)29-50(32-74(60,61)70-9-3)33-75(62,63)71-10-4)13-14-35-26-40(67-23-21-65-6)38(27-39(35)66-22-20-64-5)44(55)45-17-11-12-43(53)54/h15-16,18-19,24-27H,7-12,17,20-23,28-33H2,1-6H3,(H,45,55)(H,53,54)(H,56,57)(H,58,59)(H,60,61)(H,62,63). The minimum Gasteiger partial charge on any atom is -0.490 e. The number of ether oxygens (including phenoxy) is 4. The van der Waals surface area contributed by atoms with Gasteiger partial charge in [-0.15, -0.1) is 0 Å². The smallest absolute Gasteiger partial charge is 0.342 e.